The highest BCUT2D eigenvalue weighted by atomic mass is 32.1. The van der Waals surface area contributed by atoms with Crippen molar-refractivity contribution in [3.63, 3.8) is 0 Å². The van der Waals surface area contributed by atoms with Gasteiger partial charge in [0.1, 0.15) is 0 Å². The molecule has 10 aromatic rings. The van der Waals surface area contributed by atoms with Crippen LogP contribution in [0.1, 0.15) is 18.4 Å². The van der Waals surface area contributed by atoms with E-state index in [9.17, 15) is 0 Å². The molecule has 11 rings (SSSR count). The van der Waals surface area contributed by atoms with E-state index in [-0.39, 0.29) is 0 Å². The molecule has 0 aliphatic heterocycles. The summed E-state index contributed by atoms with van der Waals surface area (Å²) in [4.78, 5) is 0. The molecule has 1 aliphatic rings. The molecule has 3 heteroatoms. The van der Waals surface area contributed by atoms with Gasteiger partial charge in [-0.15, -0.1) is 11.3 Å². The van der Waals surface area contributed by atoms with E-state index in [4.69, 9.17) is 0 Å². The van der Waals surface area contributed by atoms with Crippen molar-refractivity contribution in [3.8, 4) is 22.5 Å². The number of benzene rings is 7. The number of allylic oxidation sites excluding steroid dienone is 4. The van der Waals surface area contributed by atoms with Crippen molar-refractivity contribution in [2.75, 3.05) is 0 Å². The SMILES string of the molecule is C1=CCCC(c2cc(-n3c4ccccc4c4cc(-c5ccc6c7ccccc7n(-c7ccccc7)c6c5)ccc43)cc3c2sc2ccccc23)=C1. The lowest BCUT2D eigenvalue weighted by molar-refractivity contribution is 1.05. The monoisotopic (exact) mass is 668 g/mol. The van der Waals surface area contributed by atoms with E-state index in [1.165, 1.54) is 97.4 Å². The van der Waals surface area contributed by atoms with E-state index >= 15 is 0 Å². The summed E-state index contributed by atoms with van der Waals surface area (Å²) >= 11 is 1.92. The van der Waals surface area contributed by atoms with Crippen LogP contribution in [0.3, 0.4) is 0 Å². The van der Waals surface area contributed by atoms with Crippen molar-refractivity contribution < 1.29 is 0 Å². The van der Waals surface area contributed by atoms with Gasteiger partial charge in [0, 0.05) is 53.1 Å². The second-order valence-electron chi connectivity index (χ2n) is 13.6. The summed E-state index contributed by atoms with van der Waals surface area (Å²) in [6, 6.07) is 56.1. The molecule has 240 valence electrons. The molecule has 7 aromatic carbocycles. The van der Waals surface area contributed by atoms with Crippen LogP contribution < -0.4 is 0 Å². The van der Waals surface area contributed by atoms with Crippen LogP contribution in [-0.4, -0.2) is 9.13 Å². The zero-order valence-corrected chi connectivity index (χ0v) is 28.7. The van der Waals surface area contributed by atoms with Gasteiger partial charge in [0.05, 0.1) is 22.1 Å². The highest BCUT2D eigenvalue weighted by molar-refractivity contribution is 7.26. The Kier molecular flexibility index (Phi) is 6.28. The molecule has 0 atom stereocenters. The first kappa shape index (κ1) is 28.7. The summed E-state index contributed by atoms with van der Waals surface area (Å²) < 4.78 is 7.61. The zero-order chi connectivity index (χ0) is 33.5. The number of rotatable bonds is 4. The second kappa shape index (κ2) is 11.2. The van der Waals surface area contributed by atoms with Crippen molar-refractivity contribution in [1.82, 2.24) is 9.13 Å². The quantitative estimate of drug-likeness (QED) is 0.177. The molecular weight excluding hydrogens is 637 g/mol. The summed E-state index contributed by atoms with van der Waals surface area (Å²) in [6.45, 7) is 0. The van der Waals surface area contributed by atoms with E-state index < -0.39 is 0 Å². The molecule has 0 radical (unpaired) electrons. The molecule has 2 nitrogen and oxygen atoms in total. The minimum atomic E-state index is 1.06. The molecule has 1 aliphatic carbocycles. The molecule has 51 heavy (non-hydrogen) atoms. The van der Waals surface area contributed by atoms with Gasteiger partial charge in [-0.05, 0) is 95.8 Å². The first-order valence-electron chi connectivity index (χ1n) is 17.7. The molecule has 3 heterocycles. The van der Waals surface area contributed by atoms with Crippen LogP contribution in [0.5, 0.6) is 0 Å². The van der Waals surface area contributed by atoms with Crippen LogP contribution in [0.4, 0.5) is 0 Å². The Hall–Kier alpha value is -6.16. The average molecular weight is 669 g/mol. The Bertz CT molecular complexity index is 3070. The molecule has 0 fully saturated rings. The molecule has 0 N–H and O–H groups in total. The van der Waals surface area contributed by atoms with Crippen LogP contribution in [0, 0.1) is 0 Å². The Morgan fingerprint density at radius 3 is 1.90 bits per heavy atom. The van der Waals surface area contributed by atoms with Crippen LogP contribution in [0.25, 0.3) is 91.9 Å². The fourth-order valence-corrected chi connectivity index (χ4v) is 9.68. The third-order valence-electron chi connectivity index (χ3n) is 10.8. The van der Waals surface area contributed by atoms with Gasteiger partial charge in [0.15, 0.2) is 0 Å². The lowest BCUT2D eigenvalue weighted by atomic mass is 9.95. The highest BCUT2D eigenvalue weighted by Gasteiger charge is 2.19. The maximum atomic E-state index is 2.49. The Morgan fingerprint density at radius 1 is 0.451 bits per heavy atom. The molecule has 0 saturated carbocycles. The summed E-state index contributed by atoms with van der Waals surface area (Å²) in [5.74, 6) is 0. The fraction of sp³-hybridized carbons (Fsp3) is 0.0417. The van der Waals surface area contributed by atoms with Crippen LogP contribution in [0.2, 0.25) is 0 Å². The number of aromatic nitrogens is 2. The standard InChI is InChI=1S/C48H32N2S/c1-3-13-31(14-4-1)40-29-35(30-42-39-19-9-12-22-47(39)51-48(40)42)50-44-21-11-8-18-37(44)41-27-32(24-26-45(41)50)33-23-25-38-36-17-7-10-20-43(36)49(46(38)28-33)34-15-5-2-6-16-34/h1-3,5-13,15-30H,4,14H2. The first-order valence-corrected chi connectivity index (χ1v) is 18.6. The second-order valence-corrected chi connectivity index (χ2v) is 14.7. The van der Waals surface area contributed by atoms with Gasteiger partial charge in [-0.2, -0.15) is 0 Å². The Morgan fingerprint density at radius 2 is 1.10 bits per heavy atom. The molecule has 3 aromatic heterocycles. The predicted octanol–water partition coefficient (Wildman–Crippen LogP) is 13.6. The molecule has 0 bridgehead atoms. The minimum absolute atomic E-state index is 1.06. The molecule has 0 saturated heterocycles. The Labute approximate surface area is 299 Å². The third-order valence-corrected chi connectivity index (χ3v) is 12.0. The van der Waals surface area contributed by atoms with Gasteiger partial charge in [0.2, 0.25) is 0 Å². The largest absolute Gasteiger partial charge is 0.309 e. The fourth-order valence-electron chi connectivity index (χ4n) is 8.44. The van der Waals surface area contributed by atoms with Gasteiger partial charge in [-0.3, -0.25) is 0 Å². The van der Waals surface area contributed by atoms with E-state index in [1.807, 2.05) is 11.3 Å². The number of hydrogen-bond acceptors (Lipinski definition) is 1. The topological polar surface area (TPSA) is 9.86 Å². The molecule has 0 spiro atoms. The summed E-state index contributed by atoms with van der Waals surface area (Å²) in [5.41, 5.74) is 12.5. The van der Waals surface area contributed by atoms with E-state index in [1.54, 1.807) is 0 Å². The number of para-hydroxylation sites is 3. The summed E-state index contributed by atoms with van der Waals surface area (Å²) in [7, 11) is 0. The zero-order valence-electron chi connectivity index (χ0n) is 27.9. The van der Waals surface area contributed by atoms with Crippen molar-refractivity contribution in [3.05, 3.63) is 175 Å². The van der Waals surface area contributed by atoms with Gasteiger partial charge in [-0.25, -0.2) is 0 Å². The number of nitrogens with zero attached hydrogens (tertiary/aromatic N) is 2. The lowest BCUT2D eigenvalue weighted by Gasteiger charge is -2.15. The van der Waals surface area contributed by atoms with Crippen molar-refractivity contribution >= 4 is 80.7 Å². The van der Waals surface area contributed by atoms with E-state index in [0.29, 0.717) is 0 Å². The minimum Gasteiger partial charge on any atom is -0.309 e. The molecule has 0 unspecified atom stereocenters. The van der Waals surface area contributed by atoms with Crippen LogP contribution in [0.15, 0.2) is 170 Å². The van der Waals surface area contributed by atoms with Crippen LogP contribution >= 0.6 is 11.3 Å². The van der Waals surface area contributed by atoms with Crippen molar-refractivity contribution in [2.24, 2.45) is 0 Å². The highest BCUT2D eigenvalue weighted by Crippen LogP contribution is 2.44. The van der Waals surface area contributed by atoms with Crippen molar-refractivity contribution in [2.45, 2.75) is 12.8 Å². The number of fused-ring (bicyclic) bond motifs is 9. The average Bonchev–Trinajstić information content (AvgIpc) is 3.85. The summed E-state index contributed by atoms with van der Waals surface area (Å²) in [6.07, 6.45) is 8.97. The van der Waals surface area contributed by atoms with E-state index in [0.717, 1.165) is 12.8 Å². The number of hydrogen-bond donors (Lipinski definition) is 0. The maximum absolute atomic E-state index is 2.49. The van der Waals surface area contributed by atoms with Gasteiger partial charge in [0.25, 0.3) is 0 Å². The van der Waals surface area contributed by atoms with Crippen LogP contribution in [-0.2, 0) is 0 Å². The van der Waals surface area contributed by atoms with Crippen molar-refractivity contribution in [1.29, 1.82) is 0 Å². The van der Waals surface area contributed by atoms with Gasteiger partial charge in [-0.1, -0.05) is 109 Å². The Balaban J connectivity index is 1.14. The van der Waals surface area contributed by atoms with Gasteiger partial charge < -0.3 is 9.13 Å². The molecular formula is C48H32N2S. The maximum Gasteiger partial charge on any atom is 0.0547 e. The lowest BCUT2D eigenvalue weighted by Crippen LogP contribution is -1.97. The smallest absolute Gasteiger partial charge is 0.0547 e. The summed E-state index contributed by atoms with van der Waals surface area (Å²) in [5, 5.41) is 7.75. The van der Waals surface area contributed by atoms with E-state index in [2.05, 4.69) is 179 Å². The number of thiophene rings is 1. The first-order chi connectivity index (χ1) is 25.3. The van der Waals surface area contributed by atoms with Gasteiger partial charge >= 0.3 is 0 Å². The third kappa shape index (κ3) is 4.35. The predicted molar refractivity (Wildman–Crippen MR) is 220 cm³/mol. The molecule has 0 amide bonds. The normalized spacial score (nSPS) is 13.4.